The van der Waals surface area contributed by atoms with Crippen LogP contribution in [0.3, 0.4) is 0 Å². The summed E-state index contributed by atoms with van der Waals surface area (Å²) in [6.45, 7) is 17.7. The van der Waals surface area contributed by atoms with Crippen molar-refractivity contribution in [3.8, 4) is 0 Å². The number of anilines is 2. The van der Waals surface area contributed by atoms with Crippen LogP contribution in [0, 0.1) is 0 Å². The third-order valence-corrected chi connectivity index (χ3v) is 5.35. The molecule has 2 fully saturated rings. The van der Waals surface area contributed by atoms with Gasteiger partial charge in [-0.2, -0.15) is 0 Å². The molecule has 2 aliphatic rings. The lowest BCUT2D eigenvalue weighted by Crippen LogP contribution is -2.51. The van der Waals surface area contributed by atoms with Crippen LogP contribution in [0.1, 0.15) is 27.7 Å². The molecular formula is C18H32N6. The van der Waals surface area contributed by atoms with Crippen molar-refractivity contribution in [3.63, 3.8) is 0 Å². The van der Waals surface area contributed by atoms with Gasteiger partial charge in [0.05, 0.1) is 0 Å². The fraction of sp³-hybridized carbons (Fsp3) is 0.778. The lowest BCUT2D eigenvalue weighted by molar-refractivity contribution is 0.207. The second-order valence-electron chi connectivity index (χ2n) is 7.44. The summed E-state index contributed by atoms with van der Waals surface area (Å²) in [6.07, 6.45) is 3.66. The van der Waals surface area contributed by atoms with Crippen LogP contribution in [-0.2, 0) is 0 Å². The summed E-state index contributed by atoms with van der Waals surface area (Å²) in [6, 6.07) is 1.25. The highest BCUT2D eigenvalue weighted by molar-refractivity contribution is 5.62. The Morgan fingerprint density at radius 2 is 0.958 bits per heavy atom. The topological polar surface area (TPSA) is 38.7 Å². The molecule has 0 bridgehead atoms. The van der Waals surface area contributed by atoms with E-state index in [1.165, 1.54) is 0 Å². The summed E-state index contributed by atoms with van der Waals surface area (Å²) in [5.74, 6) is 2.14. The Bertz CT molecular complexity index is 469. The monoisotopic (exact) mass is 332 g/mol. The SMILES string of the molecule is CC(C)N1CCN(c2nccnc2N2CCN(C(C)C)CC2)CC1. The van der Waals surface area contributed by atoms with Crippen molar-refractivity contribution >= 4 is 11.6 Å². The van der Waals surface area contributed by atoms with Crippen LogP contribution in [0.5, 0.6) is 0 Å². The predicted octanol–water partition coefficient (Wildman–Crippen LogP) is 1.54. The Morgan fingerprint density at radius 1 is 0.625 bits per heavy atom. The molecular weight excluding hydrogens is 300 g/mol. The number of piperazine rings is 2. The molecule has 0 unspecified atom stereocenters. The van der Waals surface area contributed by atoms with E-state index >= 15 is 0 Å². The molecule has 0 radical (unpaired) electrons. The van der Waals surface area contributed by atoms with Gasteiger partial charge in [0.1, 0.15) is 0 Å². The van der Waals surface area contributed by atoms with Gasteiger partial charge in [0.15, 0.2) is 11.6 Å². The number of aromatic nitrogens is 2. The molecule has 134 valence electrons. The summed E-state index contributed by atoms with van der Waals surface area (Å²) in [4.78, 5) is 19.3. The maximum absolute atomic E-state index is 4.69. The minimum atomic E-state index is 0.623. The van der Waals surface area contributed by atoms with Crippen LogP contribution in [0.2, 0.25) is 0 Å². The van der Waals surface area contributed by atoms with Gasteiger partial charge in [-0.05, 0) is 27.7 Å². The average Bonchev–Trinajstić information content (AvgIpc) is 2.62. The summed E-state index contributed by atoms with van der Waals surface area (Å²) >= 11 is 0. The van der Waals surface area contributed by atoms with Gasteiger partial charge in [-0.25, -0.2) is 9.97 Å². The van der Waals surface area contributed by atoms with Crippen molar-refractivity contribution in [2.24, 2.45) is 0 Å². The molecule has 0 aliphatic carbocycles. The first kappa shape index (κ1) is 17.4. The first-order valence-corrected chi connectivity index (χ1v) is 9.35. The Morgan fingerprint density at radius 3 is 1.25 bits per heavy atom. The summed E-state index contributed by atoms with van der Waals surface area (Å²) in [7, 11) is 0. The second kappa shape index (κ2) is 7.66. The first-order chi connectivity index (χ1) is 11.6. The third-order valence-electron chi connectivity index (χ3n) is 5.35. The zero-order valence-corrected chi connectivity index (χ0v) is 15.6. The van der Waals surface area contributed by atoms with Crippen LogP contribution >= 0.6 is 0 Å². The van der Waals surface area contributed by atoms with E-state index in [1.807, 2.05) is 12.4 Å². The maximum atomic E-state index is 4.69. The number of hydrogen-bond donors (Lipinski definition) is 0. The van der Waals surface area contributed by atoms with Crippen molar-refractivity contribution < 1.29 is 0 Å². The zero-order chi connectivity index (χ0) is 17.1. The molecule has 6 heteroatoms. The van der Waals surface area contributed by atoms with Crippen molar-refractivity contribution in [1.82, 2.24) is 19.8 Å². The molecule has 3 rings (SSSR count). The zero-order valence-electron chi connectivity index (χ0n) is 15.6. The molecule has 1 aromatic heterocycles. The smallest absolute Gasteiger partial charge is 0.172 e. The fourth-order valence-corrected chi connectivity index (χ4v) is 3.67. The third kappa shape index (κ3) is 3.81. The van der Waals surface area contributed by atoms with E-state index in [-0.39, 0.29) is 0 Å². The van der Waals surface area contributed by atoms with Gasteiger partial charge in [-0.1, -0.05) is 0 Å². The predicted molar refractivity (Wildman–Crippen MR) is 99.9 cm³/mol. The minimum Gasteiger partial charge on any atom is -0.351 e. The lowest BCUT2D eigenvalue weighted by atomic mass is 10.2. The van der Waals surface area contributed by atoms with E-state index in [0.717, 1.165) is 64.0 Å². The molecule has 24 heavy (non-hydrogen) atoms. The van der Waals surface area contributed by atoms with E-state index in [0.29, 0.717) is 12.1 Å². The van der Waals surface area contributed by atoms with Crippen molar-refractivity contribution in [2.75, 3.05) is 62.2 Å². The first-order valence-electron chi connectivity index (χ1n) is 9.35. The van der Waals surface area contributed by atoms with Crippen molar-refractivity contribution in [1.29, 1.82) is 0 Å². The summed E-state index contributed by atoms with van der Waals surface area (Å²) < 4.78 is 0. The molecule has 0 amide bonds. The Labute approximate surface area is 146 Å². The maximum Gasteiger partial charge on any atom is 0.172 e. The number of nitrogens with zero attached hydrogens (tertiary/aromatic N) is 6. The minimum absolute atomic E-state index is 0.623. The molecule has 1 aromatic rings. The van der Waals surface area contributed by atoms with E-state index in [4.69, 9.17) is 9.97 Å². The molecule has 2 aliphatic heterocycles. The van der Waals surface area contributed by atoms with Crippen LogP contribution in [0.15, 0.2) is 12.4 Å². The highest BCUT2D eigenvalue weighted by Gasteiger charge is 2.26. The lowest BCUT2D eigenvalue weighted by Gasteiger charge is -2.41. The Hall–Kier alpha value is -1.40. The normalized spacial score (nSPS) is 21.1. The largest absolute Gasteiger partial charge is 0.351 e. The van der Waals surface area contributed by atoms with Crippen molar-refractivity contribution in [2.45, 2.75) is 39.8 Å². The Kier molecular flexibility index (Phi) is 5.56. The molecule has 0 atom stereocenters. The van der Waals surface area contributed by atoms with Gasteiger partial charge in [0, 0.05) is 76.8 Å². The van der Waals surface area contributed by atoms with Gasteiger partial charge in [-0.3, -0.25) is 9.80 Å². The van der Waals surface area contributed by atoms with Crippen LogP contribution in [-0.4, -0.2) is 84.2 Å². The van der Waals surface area contributed by atoms with Gasteiger partial charge >= 0.3 is 0 Å². The van der Waals surface area contributed by atoms with Gasteiger partial charge < -0.3 is 9.80 Å². The Balaban J connectivity index is 1.68. The van der Waals surface area contributed by atoms with E-state index in [2.05, 4.69) is 47.3 Å². The molecule has 3 heterocycles. The quantitative estimate of drug-likeness (QED) is 0.833. The highest BCUT2D eigenvalue weighted by atomic mass is 15.3. The molecule has 2 saturated heterocycles. The van der Waals surface area contributed by atoms with Gasteiger partial charge in [0.25, 0.3) is 0 Å². The molecule has 0 saturated carbocycles. The van der Waals surface area contributed by atoms with E-state index < -0.39 is 0 Å². The van der Waals surface area contributed by atoms with Crippen molar-refractivity contribution in [3.05, 3.63) is 12.4 Å². The molecule has 0 N–H and O–H groups in total. The number of hydrogen-bond acceptors (Lipinski definition) is 6. The molecule has 0 spiro atoms. The fourth-order valence-electron chi connectivity index (χ4n) is 3.67. The number of rotatable bonds is 4. The second-order valence-corrected chi connectivity index (χ2v) is 7.44. The molecule has 0 aromatic carbocycles. The molecule has 6 nitrogen and oxygen atoms in total. The van der Waals surface area contributed by atoms with Crippen LogP contribution < -0.4 is 9.80 Å². The van der Waals surface area contributed by atoms with Gasteiger partial charge in [0.2, 0.25) is 0 Å². The van der Waals surface area contributed by atoms with Crippen LogP contribution in [0.25, 0.3) is 0 Å². The summed E-state index contributed by atoms with van der Waals surface area (Å²) in [5.41, 5.74) is 0. The van der Waals surface area contributed by atoms with E-state index in [1.54, 1.807) is 0 Å². The van der Waals surface area contributed by atoms with Crippen LogP contribution in [0.4, 0.5) is 11.6 Å². The average molecular weight is 332 g/mol. The van der Waals surface area contributed by atoms with Gasteiger partial charge in [-0.15, -0.1) is 0 Å². The highest BCUT2D eigenvalue weighted by Crippen LogP contribution is 2.26. The van der Waals surface area contributed by atoms with E-state index in [9.17, 15) is 0 Å². The standard InChI is InChI=1S/C18H32N6/c1-15(2)21-7-11-23(12-8-21)17-18(20-6-5-19-17)24-13-9-22(10-14-24)16(3)4/h5-6,15-16H,7-14H2,1-4H3. The summed E-state index contributed by atoms with van der Waals surface area (Å²) in [5, 5.41) is 0.